The van der Waals surface area contributed by atoms with Gasteiger partial charge >= 0.3 is 0 Å². The van der Waals surface area contributed by atoms with Crippen LogP contribution < -0.4 is 10.6 Å². The van der Waals surface area contributed by atoms with Gasteiger partial charge in [-0.05, 0) is 36.1 Å². The van der Waals surface area contributed by atoms with Crippen LogP contribution in [0.25, 0.3) is 11.2 Å². The number of aromatic nitrogens is 5. The molecule has 0 spiro atoms. The van der Waals surface area contributed by atoms with Crippen LogP contribution in [0.3, 0.4) is 0 Å². The summed E-state index contributed by atoms with van der Waals surface area (Å²) in [6.07, 6.45) is 6.43. The fourth-order valence-electron chi connectivity index (χ4n) is 3.83. The molecule has 5 rings (SSSR count). The van der Waals surface area contributed by atoms with Gasteiger partial charge in [0.15, 0.2) is 5.65 Å². The van der Waals surface area contributed by atoms with E-state index in [1.165, 1.54) is 4.88 Å². The Labute approximate surface area is 179 Å². The van der Waals surface area contributed by atoms with Crippen molar-refractivity contribution in [2.75, 3.05) is 36.8 Å². The van der Waals surface area contributed by atoms with Crippen LogP contribution in [-0.2, 0) is 6.54 Å². The van der Waals surface area contributed by atoms with Crippen LogP contribution in [-0.4, -0.2) is 61.6 Å². The predicted octanol–water partition coefficient (Wildman–Crippen LogP) is 2.93. The van der Waals surface area contributed by atoms with Crippen molar-refractivity contribution in [2.45, 2.75) is 19.0 Å². The van der Waals surface area contributed by atoms with Gasteiger partial charge in [0.2, 0.25) is 11.9 Å². The number of thiophene rings is 1. The van der Waals surface area contributed by atoms with Crippen molar-refractivity contribution in [3.8, 4) is 0 Å². The molecule has 2 N–H and O–H groups in total. The van der Waals surface area contributed by atoms with Gasteiger partial charge in [0.25, 0.3) is 0 Å². The first-order valence-corrected chi connectivity index (χ1v) is 11.1. The second-order valence-electron chi connectivity index (χ2n) is 7.38. The molecule has 0 saturated carbocycles. The molecular formula is C21H24N8S. The van der Waals surface area contributed by atoms with Crippen LogP contribution in [0.15, 0.2) is 54.3 Å². The van der Waals surface area contributed by atoms with Crippen LogP contribution in [0.1, 0.15) is 11.3 Å². The van der Waals surface area contributed by atoms with E-state index in [4.69, 9.17) is 4.98 Å². The molecule has 8 nitrogen and oxygen atoms in total. The van der Waals surface area contributed by atoms with E-state index in [9.17, 15) is 0 Å². The summed E-state index contributed by atoms with van der Waals surface area (Å²) in [5.41, 5.74) is 1.86. The average Bonchev–Trinajstić information content (AvgIpc) is 3.51. The molecule has 9 heteroatoms. The number of fused-ring (bicyclic) bond motifs is 1. The Bertz CT molecular complexity index is 1080. The maximum absolute atomic E-state index is 4.83. The molecule has 30 heavy (non-hydrogen) atoms. The molecule has 1 aliphatic rings. The summed E-state index contributed by atoms with van der Waals surface area (Å²) in [4.78, 5) is 21.6. The van der Waals surface area contributed by atoms with E-state index in [0.717, 1.165) is 56.3 Å². The standard InChI is InChI=1S/C21H24N8S/c1-5-18-19(22-7-1)29(15-17-4-2-13-30-17)21(27-18)26-16-6-11-28(14-16)12-10-25-20-23-8-3-9-24-20/h1-5,7-9,13,16H,6,10-12,14-15H2,(H,26,27)(H,23,24,25). The SMILES string of the molecule is c1cnc(NCCN2CCC(Nc3nc4cccnc4n3Cc3cccs3)C2)nc1. The van der Waals surface area contributed by atoms with Gasteiger partial charge in [-0.1, -0.05) is 6.07 Å². The zero-order valence-corrected chi connectivity index (χ0v) is 17.4. The van der Waals surface area contributed by atoms with Crippen LogP contribution in [0.4, 0.5) is 11.9 Å². The lowest BCUT2D eigenvalue weighted by Crippen LogP contribution is -2.30. The van der Waals surface area contributed by atoms with E-state index in [-0.39, 0.29) is 0 Å². The van der Waals surface area contributed by atoms with Gasteiger partial charge in [0, 0.05) is 55.7 Å². The number of pyridine rings is 1. The van der Waals surface area contributed by atoms with Crippen molar-refractivity contribution >= 4 is 34.4 Å². The van der Waals surface area contributed by atoms with Crippen molar-refractivity contribution in [1.82, 2.24) is 29.4 Å². The highest BCUT2D eigenvalue weighted by atomic mass is 32.1. The molecule has 1 unspecified atom stereocenters. The number of anilines is 2. The van der Waals surface area contributed by atoms with Crippen molar-refractivity contribution in [2.24, 2.45) is 0 Å². The van der Waals surface area contributed by atoms with Crippen molar-refractivity contribution in [3.63, 3.8) is 0 Å². The Morgan fingerprint density at radius 2 is 1.97 bits per heavy atom. The highest BCUT2D eigenvalue weighted by Crippen LogP contribution is 2.23. The quantitative estimate of drug-likeness (QED) is 0.453. The van der Waals surface area contributed by atoms with Gasteiger partial charge < -0.3 is 10.6 Å². The molecule has 1 atom stereocenters. The summed E-state index contributed by atoms with van der Waals surface area (Å²) in [5.74, 6) is 1.58. The van der Waals surface area contributed by atoms with E-state index in [1.807, 2.05) is 24.4 Å². The zero-order chi connectivity index (χ0) is 20.2. The highest BCUT2D eigenvalue weighted by molar-refractivity contribution is 7.09. The number of hydrogen-bond acceptors (Lipinski definition) is 8. The predicted molar refractivity (Wildman–Crippen MR) is 120 cm³/mol. The molecule has 1 saturated heterocycles. The smallest absolute Gasteiger partial charge is 0.222 e. The number of hydrogen-bond donors (Lipinski definition) is 2. The maximum Gasteiger partial charge on any atom is 0.222 e. The fraction of sp³-hybridized carbons (Fsp3) is 0.333. The number of imidazole rings is 1. The maximum atomic E-state index is 4.83. The second kappa shape index (κ2) is 8.76. The van der Waals surface area contributed by atoms with E-state index in [0.29, 0.717) is 12.0 Å². The first-order chi connectivity index (χ1) is 14.8. The second-order valence-corrected chi connectivity index (χ2v) is 8.41. The third-order valence-corrected chi connectivity index (χ3v) is 6.14. The minimum absolute atomic E-state index is 0.372. The van der Waals surface area contributed by atoms with Crippen LogP contribution >= 0.6 is 11.3 Å². The summed E-state index contributed by atoms with van der Waals surface area (Å²) < 4.78 is 2.19. The lowest BCUT2D eigenvalue weighted by Gasteiger charge is -2.18. The monoisotopic (exact) mass is 420 g/mol. The van der Waals surface area contributed by atoms with Gasteiger partial charge in [-0.25, -0.2) is 19.9 Å². The summed E-state index contributed by atoms with van der Waals surface area (Å²) >= 11 is 1.76. The fourth-order valence-corrected chi connectivity index (χ4v) is 4.52. The summed E-state index contributed by atoms with van der Waals surface area (Å²) in [6, 6.07) is 10.4. The number of likely N-dealkylation sites (tertiary alicyclic amines) is 1. The van der Waals surface area contributed by atoms with E-state index in [2.05, 4.69) is 52.6 Å². The average molecular weight is 421 g/mol. The van der Waals surface area contributed by atoms with Gasteiger partial charge in [0.1, 0.15) is 5.52 Å². The molecule has 0 amide bonds. The largest absolute Gasteiger partial charge is 0.353 e. The Morgan fingerprint density at radius 3 is 2.83 bits per heavy atom. The van der Waals surface area contributed by atoms with Crippen molar-refractivity contribution < 1.29 is 0 Å². The number of nitrogens with one attached hydrogen (secondary N) is 2. The minimum atomic E-state index is 0.372. The molecule has 1 aliphatic heterocycles. The van der Waals surface area contributed by atoms with Gasteiger partial charge in [-0.3, -0.25) is 9.47 Å². The molecule has 154 valence electrons. The molecule has 4 aromatic heterocycles. The normalized spacial score (nSPS) is 16.9. The molecule has 0 radical (unpaired) electrons. The summed E-state index contributed by atoms with van der Waals surface area (Å²) in [7, 11) is 0. The molecule has 4 aromatic rings. The van der Waals surface area contributed by atoms with Crippen LogP contribution in [0, 0.1) is 0 Å². The van der Waals surface area contributed by atoms with Crippen LogP contribution in [0.2, 0.25) is 0 Å². The molecule has 0 aromatic carbocycles. The Balaban J connectivity index is 1.22. The number of rotatable bonds is 8. The topological polar surface area (TPSA) is 83.8 Å². The first kappa shape index (κ1) is 19.0. The van der Waals surface area contributed by atoms with Crippen LogP contribution in [0.5, 0.6) is 0 Å². The molecule has 1 fully saturated rings. The van der Waals surface area contributed by atoms with Crippen molar-refractivity contribution in [3.05, 3.63) is 59.2 Å². The molecule has 0 bridgehead atoms. The van der Waals surface area contributed by atoms with E-state index in [1.54, 1.807) is 23.7 Å². The Hall–Kier alpha value is -3.04. The first-order valence-electron chi connectivity index (χ1n) is 10.2. The van der Waals surface area contributed by atoms with Gasteiger partial charge in [0.05, 0.1) is 6.54 Å². The Kier molecular flexibility index (Phi) is 5.54. The lowest BCUT2D eigenvalue weighted by atomic mass is 10.3. The highest BCUT2D eigenvalue weighted by Gasteiger charge is 2.24. The number of nitrogens with zero attached hydrogens (tertiary/aromatic N) is 6. The molecule has 5 heterocycles. The zero-order valence-electron chi connectivity index (χ0n) is 16.6. The third-order valence-electron chi connectivity index (χ3n) is 5.28. The van der Waals surface area contributed by atoms with E-state index < -0.39 is 0 Å². The van der Waals surface area contributed by atoms with Gasteiger partial charge in [-0.15, -0.1) is 11.3 Å². The summed E-state index contributed by atoms with van der Waals surface area (Å²) in [6.45, 7) is 4.64. The third kappa shape index (κ3) is 4.27. The summed E-state index contributed by atoms with van der Waals surface area (Å²) in [5, 5.41) is 9.07. The lowest BCUT2D eigenvalue weighted by molar-refractivity contribution is 0.349. The minimum Gasteiger partial charge on any atom is -0.353 e. The molecular weight excluding hydrogens is 396 g/mol. The molecule has 0 aliphatic carbocycles. The van der Waals surface area contributed by atoms with Gasteiger partial charge in [-0.2, -0.15) is 0 Å². The Morgan fingerprint density at radius 1 is 1.07 bits per heavy atom. The van der Waals surface area contributed by atoms with Crippen molar-refractivity contribution in [1.29, 1.82) is 0 Å². The van der Waals surface area contributed by atoms with E-state index >= 15 is 0 Å².